The second-order valence-electron chi connectivity index (χ2n) is 7.56. The molecular weight excluding hydrogens is 406 g/mol. The number of ether oxygens (including phenoxy) is 1. The lowest BCUT2D eigenvalue weighted by molar-refractivity contribution is -0.123. The quantitative estimate of drug-likeness (QED) is 0.656. The van der Waals surface area contributed by atoms with Crippen molar-refractivity contribution >= 4 is 34.8 Å². The topological polar surface area (TPSA) is 87.7 Å². The Hall–Kier alpha value is -4.13. The Labute approximate surface area is 186 Å². The zero-order valence-electron chi connectivity index (χ0n) is 17.8. The number of aryl methyl sites for hydroxylation is 1. The summed E-state index contributed by atoms with van der Waals surface area (Å²) in [5.74, 6) is -0.510. The van der Waals surface area contributed by atoms with Gasteiger partial charge in [0.15, 0.2) is 6.10 Å². The molecule has 1 heterocycles. The number of hydrogen-bond donors (Lipinski definition) is 2. The second-order valence-corrected chi connectivity index (χ2v) is 7.56. The van der Waals surface area contributed by atoms with E-state index in [0.29, 0.717) is 28.4 Å². The van der Waals surface area contributed by atoms with Crippen LogP contribution in [0, 0.1) is 6.92 Å². The van der Waals surface area contributed by atoms with Gasteiger partial charge in [0, 0.05) is 12.6 Å². The first-order valence-electron chi connectivity index (χ1n) is 10.2. The molecule has 1 aliphatic rings. The SMILES string of the molecule is CC(=O)N1CC(C(=O)Nc2ccccc2C(=O)Nc2cccc(C)c2)Oc2ccccc21. The molecule has 162 valence electrons. The van der Waals surface area contributed by atoms with Gasteiger partial charge in [0.25, 0.3) is 11.8 Å². The fourth-order valence-electron chi connectivity index (χ4n) is 3.59. The minimum atomic E-state index is -0.915. The van der Waals surface area contributed by atoms with Crippen molar-refractivity contribution in [3.63, 3.8) is 0 Å². The molecule has 7 nitrogen and oxygen atoms in total. The van der Waals surface area contributed by atoms with Crippen LogP contribution in [0.4, 0.5) is 17.1 Å². The van der Waals surface area contributed by atoms with Crippen molar-refractivity contribution in [2.45, 2.75) is 20.0 Å². The molecule has 32 heavy (non-hydrogen) atoms. The smallest absolute Gasteiger partial charge is 0.267 e. The van der Waals surface area contributed by atoms with Gasteiger partial charge in [-0.1, -0.05) is 36.4 Å². The number of benzene rings is 3. The van der Waals surface area contributed by atoms with Crippen LogP contribution < -0.4 is 20.3 Å². The van der Waals surface area contributed by atoms with Crippen LogP contribution in [-0.4, -0.2) is 30.4 Å². The number of hydrogen-bond acceptors (Lipinski definition) is 4. The number of para-hydroxylation sites is 3. The standard InChI is InChI=1S/C25H23N3O4/c1-16-8-7-9-18(14-16)26-24(30)19-10-3-4-11-20(19)27-25(31)23-15-28(17(2)29)21-12-5-6-13-22(21)32-23/h3-14,23H,15H2,1-2H3,(H,26,30)(H,27,31). The summed E-state index contributed by atoms with van der Waals surface area (Å²) in [6, 6.07) is 21.3. The predicted molar refractivity (Wildman–Crippen MR) is 123 cm³/mol. The fourth-order valence-corrected chi connectivity index (χ4v) is 3.59. The molecular formula is C25H23N3O4. The van der Waals surface area contributed by atoms with Gasteiger partial charge in [-0.05, 0) is 48.9 Å². The lowest BCUT2D eigenvalue weighted by Crippen LogP contribution is -2.48. The molecule has 3 aromatic carbocycles. The van der Waals surface area contributed by atoms with Crippen molar-refractivity contribution in [1.29, 1.82) is 0 Å². The van der Waals surface area contributed by atoms with Gasteiger partial charge in [-0.2, -0.15) is 0 Å². The summed E-state index contributed by atoms with van der Waals surface area (Å²) >= 11 is 0. The third-order valence-corrected chi connectivity index (χ3v) is 5.15. The van der Waals surface area contributed by atoms with Crippen molar-refractivity contribution in [2.24, 2.45) is 0 Å². The van der Waals surface area contributed by atoms with Crippen LogP contribution in [0.15, 0.2) is 72.8 Å². The van der Waals surface area contributed by atoms with Gasteiger partial charge >= 0.3 is 0 Å². The van der Waals surface area contributed by atoms with E-state index >= 15 is 0 Å². The molecule has 0 aromatic heterocycles. The maximum absolute atomic E-state index is 13.0. The molecule has 0 bridgehead atoms. The Kier molecular flexibility index (Phi) is 5.89. The van der Waals surface area contributed by atoms with Crippen LogP contribution in [0.3, 0.4) is 0 Å². The van der Waals surface area contributed by atoms with Gasteiger partial charge in [-0.15, -0.1) is 0 Å². The Bertz CT molecular complexity index is 1190. The van der Waals surface area contributed by atoms with Crippen molar-refractivity contribution in [3.8, 4) is 5.75 Å². The third-order valence-electron chi connectivity index (χ3n) is 5.15. The Morgan fingerprint density at radius 3 is 2.47 bits per heavy atom. The molecule has 1 atom stereocenters. The summed E-state index contributed by atoms with van der Waals surface area (Å²) in [4.78, 5) is 39.5. The molecule has 0 aliphatic carbocycles. The summed E-state index contributed by atoms with van der Waals surface area (Å²) in [6.07, 6.45) is -0.915. The number of nitrogens with one attached hydrogen (secondary N) is 2. The molecule has 0 fully saturated rings. The number of anilines is 3. The number of carbonyl (C=O) groups is 3. The monoisotopic (exact) mass is 429 g/mol. The molecule has 3 amide bonds. The maximum Gasteiger partial charge on any atom is 0.267 e. The molecule has 1 aliphatic heterocycles. The van der Waals surface area contributed by atoms with Gasteiger partial charge in [-0.25, -0.2) is 0 Å². The van der Waals surface area contributed by atoms with Gasteiger partial charge in [0.05, 0.1) is 23.5 Å². The van der Waals surface area contributed by atoms with Crippen LogP contribution in [0.5, 0.6) is 5.75 Å². The molecule has 1 unspecified atom stereocenters. The summed E-state index contributed by atoms with van der Waals surface area (Å²) in [5, 5.41) is 5.64. The lowest BCUT2D eigenvalue weighted by atomic mass is 10.1. The second kappa shape index (κ2) is 8.93. The van der Waals surface area contributed by atoms with Crippen molar-refractivity contribution in [1.82, 2.24) is 0 Å². The normalized spacial score (nSPS) is 14.7. The van der Waals surface area contributed by atoms with E-state index in [4.69, 9.17) is 4.74 Å². The predicted octanol–water partition coefficient (Wildman–Crippen LogP) is 4.00. The van der Waals surface area contributed by atoms with E-state index in [1.165, 1.54) is 11.8 Å². The number of carbonyl (C=O) groups excluding carboxylic acids is 3. The molecule has 3 aromatic rings. The van der Waals surface area contributed by atoms with Gasteiger partial charge in [0.1, 0.15) is 5.75 Å². The van der Waals surface area contributed by atoms with E-state index in [-0.39, 0.29) is 18.4 Å². The number of rotatable bonds is 4. The first-order valence-corrected chi connectivity index (χ1v) is 10.2. The van der Waals surface area contributed by atoms with Crippen LogP contribution in [0.1, 0.15) is 22.8 Å². The molecule has 0 saturated heterocycles. The molecule has 2 N–H and O–H groups in total. The number of fused-ring (bicyclic) bond motifs is 1. The summed E-state index contributed by atoms with van der Waals surface area (Å²) in [6.45, 7) is 3.47. The van der Waals surface area contributed by atoms with Crippen molar-refractivity contribution in [3.05, 3.63) is 83.9 Å². The van der Waals surface area contributed by atoms with Crippen molar-refractivity contribution in [2.75, 3.05) is 22.1 Å². The number of amides is 3. The largest absolute Gasteiger partial charge is 0.476 e. The van der Waals surface area contributed by atoms with E-state index in [0.717, 1.165) is 5.56 Å². The van der Waals surface area contributed by atoms with E-state index in [1.807, 2.05) is 31.2 Å². The van der Waals surface area contributed by atoms with E-state index in [9.17, 15) is 14.4 Å². The molecule has 7 heteroatoms. The average molecular weight is 429 g/mol. The first-order chi connectivity index (χ1) is 15.4. The first kappa shape index (κ1) is 21.1. The summed E-state index contributed by atoms with van der Waals surface area (Å²) < 4.78 is 5.85. The minimum absolute atomic E-state index is 0.0792. The van der Waals surface area contributed by atoms with Gasteiger partial charge < -0.3 is 20.3 Å². The highest BCUT2D eigenvalue weighted by Crippen LogP contribution is 2.33. The Morgan fingerprint density at radius 2 is 1.69 bits per heavy atom. The van der Waals surface area contributed by atoms with Crippen LogP contribution >= 0.6 is 0 Å². The minimum Gasteiger partial charge on any atom is -0.476 e. The van der Waals surface area contributed by atoms with Crippen molar-refractivity contribution < 1.29 is 19.1 Å². The van der Waals surface area contributed by atoms with Crippen LogP contribution in [0.2, 0.25) is 0 Å². The highest BCUT2D eigenvalue weighted by atomic mass is 16.5. The average Bonchev–Trinajstić information content (AvgIpc) is 2.78. The lowest BCUT2D eigenvalue weighted by Gasteiger charge is -2.33. The molecule has 4 rings (SSSR count). The summed E-state index contributed by atoms with van der Waals surface area (Å²) in [7, 11) is 0. The number of nitrogens with zero attached hydrogens (tertiary/aromatic N) is 1. The highest BCUT2D eigenvalue weighted by molar-refractivity contribution is 6.10. The molecule has 0 radical (unpaired) electrons. The molecule has 0 spiro atoms. The van der Waals surface area contributed by atoms with Gasteiger partial charge in [-0.3, -0.25) is 14.4 Å². The van der Waals surface area contributed by atoms with Gasteiger partial charge in [0.2, 0.25) is 5.91 Å². The van der Waals surface area contributed by atoms with E-state index in [2.05, 4.69) is 10.6 Å². The zero-order valence-corrected chi connectivity index (χ0v) is 17.8. The maximum atomic E-state index is 13.0. The Morgan fingerprint density at radius 1 is 0.938 bits per heavy atom. The highest BCUT2D eigenvalue weighted by Gasteiger charge is 2.33. The summed E-state index contributed by atoms with van der Waals surface area (Å²) in [5.41, 5.74) is 3.00. The van der Waals surface area contributed by atoms with E-state index in [1.54, 1.807) is 48.5 Å². The van der Waals surface area contributed by atoms with E-state index < -0.39 is 12.0 Å². The molecule has 0 saturated carbocycles. The zero-order chi connectivity index (χ0) is 22.7. The van der Waals surface area contributed by atoms with Crippen LogP contribution in [0.25, 0.3) is 0 Å². The Balaban J connectivity index is 1.53. The third kappa shape index (κ3) is 4.46. The fraction of sp³-hybridized carbons (Fsp3) is 0.160. The van der Waals surface area contributed by atoms with Crippen LogP contribution in [-0.2, 0) is 9.59 Å².